The van der Waals surface area contributed by atoms with Crippen LogP contribution in [0.4, 0.5) is 5.69 Å². The number of hydrogen-bond donors (Lipinski definition) is 0. The largest absolute Gasteiger partial charge is 0.209 e. The Bertz CT molecular complexity index is 1050. The Kier molecular flexibility index (Phi) is 6.15. The van der Waals surface area contributed by atoms with Crippen molar-refractivity contribution in [2.24, 2.45) is 0 Å². The summed E-state index contributed by atoms with van der Waals surface area (Å²) in [6, 6.07) is 19.6. The van der Waals surface area contributed by atoms with Crippen LogP contribution in [0.1, 0.15) is 52.0 Å². The van der Waals surface area contributed by atoms with Crippen LogP contribution in [-0.2, 0) is 5.41 Å². The van der Waals surface area contributed by atoms with Gasteiger partial charge >= 0.3 is 0 Å². The lowest BCUT2D eigenvalue weighted by Gasteiger charge is -2.22. The van der Waals surface area contributed by atoms with Crippen molar-refractivity contribution in [3.8, 4) is 0 Å². The summed E-state index contributed by atoms with van der Waals surface area (Å²) in [7, 11) is 2.20. The molecule has 2 aliphatic rings. The van der Waals surface area contributed by atoms with E-state index in [2.05, 4.69) is 105 Å². The summed E-state index contributed by atoms with van der Waals surface area (Å²) in [6.07, 6.45) is 11.9. The van der Waals surface area contributed by atoms with Crippen molar-refractivity contribution in [2.45, 2.75) is 56.8 Å². The van der Waals surface area contributed by atoms with Crippen LogP contribution in [0.5, 0.6) is 0 Å². The summed E-state index contributed by atoms with van der Waals surface area (Å²) in [4.78, 5) is 2.78. The fraction of sp³-hybridized carbons (Fsp3) is 0.321. The number of fused-ring (bicyclic) bond motifs is 1. The third-order valence-corrected chi connectivity index (χ3v) is 7.51. The van der Waals surface area contributed by atoms with E-state index in [4.69, 9.17) is 0 Å². The quantitative estimate of drug-likeness (QED) is 0.451. The molecule has 0 aromatic heterocycles. The van der Waals surface area contributed by atoms with E-state index >= 15 is 0 Å². The fourth-order valence-electron chi connectivity index (χ4n) is 4.72. The minimum absolute atomic E-state index is 0.0197. The molecule has 0 fully saturated rings. The van der Waals surface area contributed by atoms with E-state index in [1.54, 1.807) is 0 Å². The Morgan fingerprint density at radius 1 is 0.967 bits per heavy atom. The van der Waals surface area contributed by atoms with Crippen LogP contribution >= 0.6 is 11.8 Å². The molecule has 4 rings (SSSR count). The zero-order valence-corrected chi connectivity index (χ0v) is 19.4. The molecule has 0 atom stereocenters. The van der Waals surface area contributed by atoms with Crippen molar-refractivity contribution >= 4 is 23.2 Å². The van der Waals surface area contributed by atoms with Crippen LogP contribution < -0.4 is 0 Å². The van der Waals surface area contributed by atoms with Gasteiger partial charge in [-0.15, -0.1) is 0 Å². The van der Waals surface area contributed by atoms with E-state index in [0.717, 1.165) is 12.8 Å². The van der Waals surface area contributed by atoms with Crippen LogP contribution in [0.25, 0.3) is 0 Å². The van der Waals surface area contributed by atoms with Crippen molar-refractivity contribution in [1.82, 2.24) is 0 Å². The first kappa shape index (κ1) is 20.9. The van der Waals surface area contributed by atoms with Gasteiger partial charge < -0.3 is 0 Å². The van der Waals surface area contributed by atoms with Crippen molar-refractivity contribution in [2.75, 3.05) is 7.05 Å². The second-order valence-corrected chi connectivity index (χ2v) is 9.76. The van der Waals surface area contributed by atoms with E-state index < -0.39 is 0 Å². The molecular formula is C28H32NS+. The van der Waals surface area contributed by atoms with E-state index in [0.29, 0.717) is 0 Å². The predicted octanol–water partition coefficient (Wildman–Crippen LogP) is 7.82. The Morgan fingerprint density at radius 2 is 1.70 bits per heavy atom. The molecule has 0 unspecified atom stereocenters. The zero-order valence-electron chi connectivity index (χ0n) is 18.6. The number of hydrogen-bond acceptors (Lipinski definition) is 1. The normalized spacial score (nSPS) is 19.8. The second kappa shape index (κ2) is 8.81. The van der Waals surface area contributed by atoms with Gasteiger partial charge in [0.05, 0.1) is 5.41 Å². The van der Waals surface area contributed by atoms with Crippen LogP contribution in [0.15, 0.2) is 93.8 Å². The topological polar surface area (TPSA) is 3.01 Å². The van der Waals surface area contributed by atoms with Gasteiger partial charge in [0, 0.05) is 27.5 Å². The number of nitrogens with zero attached hydrogens (tertiary/aromatic N) is 1. The number of allylic oxidation sites excluding steroid dienone is 5. The molecule has 2 aromatic carbocycles. The lowest BCUT2D eigenvalue weighted by atomic mass is 9.81. The summed E-state index contributed by atoms with van der Waals surface area (Å²) in [5.41, 5.74) is 7.12. The fourth-order valence-corrected chi connectivity index (χ4v) is 5.87. The standard InChI is InChI=1S/C28H32NS/c1-5-12-21-13-11-14-22(27(21)30-23-15-7-6-8-16-23)19-20-26-28(2,3)24-17-9-10-18-25(24)29(26)4/h6-10,12,15-20H,5,11,13-14H2,1-4H3/q+1/b20-19+,21-12+. The third-order valence-electron chi connectivity index (χ3n) is 6.27. The van der Waals surface area contributed by atoms with Crippen LogP contribution in [0.3, 0.4) is 0 Å². The molecule has 0 N–H and O–H groups in total. The summed E-state index contributed by atoms with van der Waals surface area (Å²) in [5, 5.41) is 0. The molecule has 1 aliphatic heterocycles. The first-order valence-corrected chi connectivity index (χ1v) is 11.9. The molecule has 0 spiro atoms. The Morgan fingerprint density at radius 3 is 2.43 bits per heavy atom. The van der Waals surface area contributed by atoms with Gasteiger partial charge in [0.15, 0.2) is 5.71 Å². The molecule has 1 aliphatic carbocycles. The SMILES string of the molecule is CC/C=C1\CCCC(/C=C/C2=[N+](C)c3ccccc3C2(C)C)=C1Sc1ccccc1. The molecular weight excluding hydrogens is 382 g/mol. The zero-order chi connectivity index (χ0) is 21.1. The number of rotatable bonds is 5. The molecule has 30 heavy (non-hydrogen) atoms. The highest BCUT2D eigenvalue weighted by molar-refractivity contribution is 8.03. The van der Waals surface area contributed by atoms with Gasteiger partial charge in [-0.25, -0.2) is 0 Å². The summed E-state index contributed by atoms with van der Waals surface area (Å²) in [6.45, 7) is 6.92. The maximum atomic E-state index is 2.42. The maximum absolute atomic E-state index is 2.42. The number of thioether (sulfide) groups is 1. The van der Waals surface area contributed by atoms with Gasteiger partial charge in [-0.3, -0.25) is 0 Å². The third kappa shape index (κ3) is 3.98. The first-order valence-electron chi connectivity index (χ1n) is 11.1. The van der Waals surface area contributed by atoms with E-state index in [1.807, 2.05) is 11.8 Å². The van der Waals surface area contributed by atoms with Gasteiger partial charge in [0.25, 0.3) is 0 Å². The highest BCUT2D eigenvalue weighted by atomic mass is 32.2. The smallest absolute Gasteiger partial charge is 0.198 e. The van der Waals surface area contributed by atoms with Gasteiger partial charge in [0.1, 0.15) is 7.05 Å². The van der Waals surface area contributed by atoms with Crippen molar-refractivity contribution in [1.29, 1.82) is 0 Å². The van der Waals surface area contributed by atoms with Crippen molar-refractivity contribution in [3.05, 3.63) is 94.4 Å². The van der Waals surface area contributed by atoms with Gasteiger partial charge in [-0.1, -0.05) is 67.2 Å². The Hall–Kier alpha value is -2.32. The lowest BCUT2D eigenvalue weighted by Crippen LogP contribution is -2.26. The minimum Gasteiger partial charge on any atom is -0.198 e. The summed E-state index contributed by atoms with van der Waals surface area (Å²) in [5.74, 6) is 0. The molecule has 0 bridgehead atoms. The highest BCUT2D eigenvalue weighted by Gasteiger charge is 2.42. The average Bonchev–Trinajstić information content (AvgIpc) is 2.95. The van der Waals surface area contributed by atoms with Crippen LogP contribution in [0, 0.1) is 0 Å². The minimum atomic E-state index is 0.0197. The van der Waals surface area contributed by atoms with Crippen molar-refractivity contribution < 1.29 is 4.58 Å². The van der Waals surface area contributed by atoms with Gasteiger partial charge in [-0.2, -0.15) is 4.58 Å². The first-order chi connectivity index (χ1) is 14.5. The molecule has 2 aromatic rings. The molecule has 0 radical (unpaired) electrons. The second-order valence-electron chi connectivity index (χ2n) is 8.68. The Labute approximate surface area is 185 Å². The van der Waals surface area contributed by atoms with E-state index in [1.165, 1.54) is 50.8 Å². The van der Waals surface area contributed by atoms with Gasteiger partial charge in [-0.05, 0) is 62.8 Å². The van der Waals surface area contributed by atoms with Crippen LogP contribution in [-0.4, -0.2) is 17.3 Å². The molecule has 0 saturated carbocycles. The number of para-hydroxylation sites is 1. The highest BCUT2D eigenvalue weighted by Crippen LogP contribution is 2.43. The molecule has 154 valence electrons. The predicted molar refractivity (Wildman–Crippen MR) is 131 cm³/mol. The molecule has 0 amide bonds. The van der Waals surface area contributed by atoms with E-state index in [-0.39, 0.29) is 5.41 Å². The monoisotopic (exact) mass is 414 g/mol. The van der Waals surface area contributed by atoms with Gasteiger partial charge in [0.2, 0.25) is 5.69 Å². The molecule has 1 heterocycles. The lowest BCUT2D eigenvalue weighted by molar-refractivity contribution is -0.401. The molecule has 1 nitrogen and oxygen atoms in total. The number of benzene rings is 2. The van der Waals surface area contributed by atoms with Crippen LogP contribution in [0.2, 0.25) is 0 Å². The summed E-state index contributed by atoms with van der Waals surface area (Å²) >= 11 is 1.93. The average molecular weight is 415 g/mol. The van der Waals surface area contributed by atoms with Crippen molar-refractivity contribution in [3.63, 3.8) is 0 Å². The summed E-state index contributed by atoms with van der Waals surface area (Å²) < 4.78 is 2.36. The molecule has 2 heteroatoms. The maximum Gasteiger partial charge on any atom is 0.209 e. The Balaban J connectivity index is 1.73. The molecule has 0 saturated heterocycles. The van der Waals surface area contributed by atoms with E-state index in [9.17, 15) is 0 Å².